The molecule has 1 amide bonds. The van der Waals surface area contributed by atoms with Crippen LogP contribution in [0, 0.1) is 0 Å². The molecule has 1 saturated heterocycles. The molecule has 1 atom stereocenters. The van der Waals surface area contributed by atoms with Crippen LogP contribution in [0.25, 0.3) is 0 Å². The molecule has 0 radical (unpaired) electrons. The SMILES string of the molecule is CCCC(NS(=O)(=O)C1CN(C(=O)c2cccc(Cl)c2)C1)C(=O)O. The second-order valence-corrected chi connectivity index (χ2v) is 8.11. The number of hydrogen-bond donors (Lipinski definition) is 2. The zero-order chi connectivity index (χ0) is 17.9. The molecule has 2 N–H and O–H groups in total. The number of halogens is 1. The van der Waals surface area contributed by atoms with Crippen LogP contribution in [0.5, 0.6) is 0 Å². The summed E-state index contributed by atoms with van der Waals surface area (Å²) in [7, 11) is -3.80. The lowest BCUT2D eigenvalue weighted by Crippen LogP contribution is -2.60. The second kappa shape index (κ2) is 7.50. The molecule has 1 aromatic rings. The smallest absolute Gasteiger partial charge is 0.321 e. The third-order valence-corrected chi connectivity index (χ3v) is 5.85. The average Bonchev–Trinajstić information content (AvgIpc) is 2.44. The van der Waals surface area contributed by atoms with Crippen molar-refractivity contribution in [2.24, 2.45) is 0 Å². The Labute approximate surface area is 145 Å². The number of benzene rings is 1. The summed E-state index contributed by atoms with van der Waals surface area (Å²) < 4.78 is 26.7. The van der Waals surface area contributed by atoms with E-state index in [-0.39, 0.29) is 25.4 Å². The van der Waals surface area contributed by atoms with Gasteiger partial charge < -0.3 is 10.0 Å². The fraction of sp³-hybridized carbons (Fsp3) is 0.467. The summed E-state index contributed by atoms with van der Waals surface area (Å²) in [6, 6.07) is 5.28. The van der Waals surface area contributed by atoms with Crippen LogP contribution in [-0.2, 0) is 14.8 Å². The van der Waals surface area contributed by atoms with Gasteiger partial charge in [0.1, 0.15) is 11.3 Å². The summed E-state index contributed by atoms with van der Waals surface area (Å²) in [5.41, 5.74) is 0.390. The van der Waals surface area contributed by atoms with Crippen LogP contribution in [0.3, 0.4) is 0 Å². The van der Waals surface area contributed by atoms with Gasteiger partial charge in [0.05, 0.1) is 0 Å². The van der Waals surface area contributed by atoms with Gasteiger partial charge in [-0.1, -0.05) is 31.0 Å². The minimum absolute atomic E-state index is 0.0269. The van der Waals surface area contributed by atoms with E-state index in [1.54, 1.807) is 25.1 Å². The van der Waals surface area contributed by atoms with Gasteiger partial charge in [-0.25, -0.2) is 13.1 Å². The maximum Gasteiger partial charge on any atom is 0.321 e. The molecule has 1 aromatic carbocycles. The Hall–Kier alpha value is -1.64. The maximum absolute atomic E-state index is 12.2. The van der Waals surface area contributed by atoms with E-state index in [0.29, 0.717) is 17.0 Å². The number of nitrogens with one attached hydrogen (secondary N) is 1. The third-order valence-electron chi connectivity index (χ3n) is 3.83. The number of carboxylic acid groups (broad SMARTS) is 1. The fourth-order valence-corrected chi connectivity index (χ4v) is 4.17. The normalized spacial score (nSPS) is 16.5. The van der Waals surface area contributed by atoms with Crippen LogP contribution < -0.4 is 4.72 Å². The van der Waals surface area contributed by atoms with E-state index in [0.717, 1.165) is 0 Å². The molecule has 1 aliphatic heterocycles. The standard InChI is InChI=1S/C15H19ClN2O5S/c1-2-4-13(15(20)21)17-24(22,23)12-8-18(9-12)14(19)10-5-3-6-11(16)7-10/h3,5-7,12-13,17H,2,4,8-9H2,1H3,(H,20,21). The molecular weight excluding hydrogens is 356 g/mol. The van der Waals surface area contributed by atoms with Crippen LogP contribution in [0.15, 0.2) is 24.3 Å². The maximum atomic E-state index is 12.2. The molecule has 9 heteroatoms. The van der Waals surface area contributed by atoms with Crippen LogP contribution in [0.4, 0.5) is 0 Å². The highest BCUT2D eigenvalue weighted by Crippen LogP contribution is 2.21. The summed E-state index contributed by atoms with van der Waals surface area (Å²) >= 11 is 5.84. The number of aliphatic carboxylic acids is 1. The first kappa shape index (κ1) is 18.7. The Bertz CT molecular complexity index is 731. The van der Waals surface area contributed by atoms with Crippen molar-refractivity contribution < 1.29 is 23.1 Å². The third kappa shape index (κ3) is 4.25. The zero-order valence-electron chi connectivity index (χ0n) is 13.1. The van der Waals surface area contributed by atoms with E-state index in [1.807, 2.05) is 0 Å². The highest BCUT2D eigenvalue weighted by Gasteiger charge is 2.41. The molecule has 1 unspecified atom stereocenters. The summed E-state index contributed by atoms with van der Waals surface area (Å²) in [5, 5.41) is 8.67. The Morgan fingerprint density at radius 2 is 2.08 bits per heavy atom. The number of rotatable bonds is 7. The lowest BCUT2D eigenvalue weighted by atomic mass is 10.1. The number of carbonyl (C=O) groups is 2. The predicted octanol–water partition coefficient (Wildman–Crippen LogP) is 1.34. The molecule has 7 nitrogen and oxygen atoms in total. The van der Waals surface area contributed by atoms with E-state index in [4.69, 9.17) is 16.7 Å². The van der Waals surface area contributed by atoms with Crippen molar-refractivity contribution in [3.05, 3.63) is 34.9 Å². The van der Waals surface area contributed by atoms with E-state index >= 15 is 0 Å². The van der Waals surface area contributed by atoms with Crippen molar-refractivity contribution in [2.45, 2.75) is 31.1 Å². The second-order valence-electron chi connectivity index (χ2n) is 5.68. The first-order chi connectivity index (χ1) is 11.2. The minimum atomic E-state index is -3.80. The van der Waals surface area contributed by atoms with Crippen molar-refractivity contribution in [1.29, 1.82) is 0 Å². The van der Waals surface area contributed by atoms with Gasteiger partial charge in [-0.15, -0.1) is 0 Å². The molecule has 24 heavy (non-hydrogen) atoms. The molecule has 1 aliphatic rings. The van der Waals surface area contributed by atoms with Crippen LogP contribution >= 0.6 is 11.6 Å². The number of carboxylic acids is 1. The predicted molar refractivity (Wildman–Crippen MR) is 89.5 cm³/mol. The van der Waals surface area contributed by atoms with Crippen molar-refractivity contribution in [3.8, 4) is 0 Å². The fourth-order valence-electron chi connectivity index (χ4n) is 2.42. The molecule has 0 aromatic heterocycles. The van der Waals surface area contributed by atoms with Gasteiger partial charge in [-0.05, 0) is 24.6 Å². The highest BCUT2D eigenvalue weighted by atomic mass is 35.5. The lowest BCUT2D eigenvalue weighted by Gasteiger charge is -2.39. The summed E-state index contributed by atoms with van der Waals surface area (Å²) in [6.45, 7) is 1.83. The zero-order valence-corrected chi connectivity index (χ0v) is 14.7. The van der Waals surface area contributed by atoms with E-state index in [2.05, 4.69) is 4.72 Å². The Morgan fingerprint density at radius 1 is 1.42 bits per heavy atom. The summed E-state index contributed by atoms with van der Waals surface area (Å²) in [5.74, 6) is -1.50. The number of hydrogen-bond acceptors (Lipinski definition) is 4. The Morgan fingerprint density at radius 3 is 2.62 bits per heavy atom. The van der Waals surface area contributed by atoms with Gasteiger partial charge in [0.15, 0.2) is 0 Å². The number of sulfonamides is 1. The summed E-state index contributed by atoms with van der Waals surface area (Å²) in [4.78, 5) is 24.7. The van der Waals surface area contributed by atoms with Crippen molar-refractivity contribution >= 4 is 33.5 Å². The van der Waals surface area contributed by atoms with E-state index in [9.17, 15) is 18.0 Å². The van der Waals surface area contributed by atoms with Crippen LogP contribution in [0.2, 0.25) is 5.02 Å². The summed E-state index contributed by atoms with van der Waals surface area (Å²) in [6.07, 6.45) is 0.760. The monoisotopic (exact) mass is 374 g/mol. The van der Waals surface area contributed by atoms with Gasteiger partial charge >= 0.3 is 5.97 Å². The molecule has 0 aliphatic carbocycles. The van der Waals surface area contributed by atoms with Gasteiger partial charge in [-0.3, -0.25) is 9.59 Å². The van der Waals surface area contributed by atoms with Gasteiger partial charge in [-0.2, -0.15) is 0 Å². The van der Waals surface area contributed by atoms with Crippen molar-refractivity contribution in [1.82, 2.24) is 9.62 Å². The first-order valence-electron chi connectivity index (χ1n) is 7.53. The molecule has 2 rings (SSSR count). The lowest BCUT2D eigenvalue weighted by molar-refractivity contribution is -0.139. The average molecular weight is 375 g/mol. The molecule has 0 saturated carbocycles. The minimum Gasteiger partial charge on any atom is -0.480 e. The molecule has 1 fully saturated rings. The number of amides is 1. The van der Waals surface area contributed by atoms with Crippen molar-refractivity contribution in [2.75, 3.05) is 13.1 Å². The quantitative estimate of drug-likeness (QED) is 0.749. The number of likely N-dealkylation sites (tertiary alicyclic amines) is 1. The van der Waals surface area contributed by atoms with Gasteiger partial charge in [0.2, 0.25) is 10.0 Å². The van der Waals surface area contributed by atoms with Crippen molar-refractivity contribution in [3.63, 3.8) is 0 Å². The molecule has 0 bridgehead atoms. The Balaban J connectivity index is 1.97. The van der Waals surface area contributed by atoms with Crippen LogP contribution in [-0.4, -0.2) is 54.7 Å². The highest BCUT2D eigenvalue weighted by molar-refractivity contribution is 7.90. The topological polar surface area (TPSA) is 104 Å². The van der Waals surface area contributed by atoms with Gasteiger partial charge in [0.25, 0.3) is 5.91 Å². The van der Waals surface area contributed by atoms with Crippen LogP contribution in [0.1, 0.15) is 30.1 Å². The molecule has 0 spiro atoms. The number of carbonyl (C=O) groups excluding carboxylic acids is 1. The molecule has 1 heterocycles. The van der Waals surface area contributed by atoms with Gasteiger partial charge in [0, 0.05) is 23.7 Å². The Kier molecular flexibility index (Phi) is 5.84. The largest absolute Gasteiger partial charge is 0.480 e. The number of nitrogens with zero attached hydrogens (tertiary/aromatic N) is 1. The first-order valence-corrected chi connectivity index (χ1v) is 9.45. The molecule has 132 valence electrons. The van der Waals surface area contributed by atoms with E-state index < -0.39 is 27.3 Å². The molecular formula is C15H19ClN2O5S. The van der Waals surface area contributed by atoms with E-state index in [1.165, 1.54) is 11.0 Å².